The molecule has 1 aromatic carbocycles. The molecule has 0 saturated carbocycles. The van der Waals surface area contributed by atoms with Crippen LogP contribution in [0.15, 0.2) is 24.3 Å². The molecule has 0 spiro atoms. The first kappa shape index (κ1) is 28.6. The molecule has 4 unspecified atom stereocenters. The van der Waals surface area contributed by atoms with Gasteiger partial charge in [-0.2, -0.15) is 0 Å². The molecule has 12 heteroatoms. The third-order valence-corrected chi connectivity index (χ3v) is 5.72. The molecule has 1 heterocycles. The highest BCUT2D eigenvalue weighted by Gasteiger charge is 2.32. The van der Waals surface area contributed by atoms with Crippen LogP contribution in [0.3, 0.4) is 0 Å². The fraction of sp³-hybridized carbons (Fsp3) is 0.542. The number of carbonyl (C=O) groups excluding carboxylic acids is 3. The topological polar surface area (TPSA) is 194 Å². The molecule has 1 fully saturated rings. The first-order valence-electron chi connectivity index (χ1n) is 11.8. The van der Waals surface area contributed by atoms with Gasteiger partial charge in [-0.15, -0.1) is 0 Å². The van der Waals surface area contributed by atoms with E-state index in [-0.39, 0.29) is 24.5 Å². The van der Waals surface area contributed by atoms with Gasteiger partial charge in [0.15, 0.2) is 0 Å². The fourth-order valence-electron chi connectivity index (χ4n) is 3.88. The molecule has 0 radical (unpaired) electrons. The molecular weight excluding hydrogens is 472 g/mol. The molecule has 3 amide bonds. The Morgan fingerprint density at radius 2 is 1.56 bits per heavy atom. The van der Waals surface area contributed by atoms with Crippen molar-refractivity contribution in [1.29, 1.82) is 0 Å². The van der Waals surface area contributed by atoms with Gasteiger partial charge in [0, 0.05) is 6.42 Å². The molecule has 7 N–H and O–H groups in total. The molecule has 12 nitrogen and oxygen atoms in total. The van der Waals surface area contributed by atoms with E-state index in [0.29, 0.717) is 18.5 Å². The van der Waals surface area contributed by atoms with E-state index in [4.69, 9.17) is 0 Å². The first-order valence-corrected chi connectivity index (χ1v) is 11.8. The van der Waals surface area contributed by atoms with Crippen LogP contribution in [0, 0.1) is 5.92 Å². The number of rotatable bonds is 13. The number of hydrogen-bond donors (Lipinski definition) is 7. The number of nitrogens with one attached hydrogen (secondary N) is 4. The van der Waals surface area contributed by atoms with Crippen LogP contribution < -0.4 is 21.3 Å². The molecule has 198 valence electrons. The second kappa shape index (κ2) is 13.4. The van der Waals surface area contributed by atoms with Crippen LogP contribution in [-0.4, -0.2) is 75.7 Å². The summed E-state index contributed by atoms with van der Waals surface area (Å²) in [6.45, 7) is 4.25. The van der Waals surface area contributed by atoms with Gasteiger partial charge in [0.1, 0.15) is 23.9 Å². The largest absolute Gasteiger partial charge is 0.508 e. The Hall–Kier alpha value is -3.67. The zero-order valence-corrected chi connectivity index (χ0v) is 20.3. The minimum Gasteiger partial charge on any atom is -0.508 e. The highest BCUT2D eigenvalue weighted by molar-refractivity contribution is 5.95. The average Bonchev–Trinajstić information content (AvgIpc) is 3.33. The lowest BCUT2D eigenvalue weighted by atomic mass is 10.0. The van der Waals surface area contributed by atoms with Crippen molar-refractivity contribution in [3.05, 3.63) is 29.8 Å². The number of phenolic OH excluding ortho intramolecular Hbond substituents is 1. The second-order valence-corrected chi connectivity index (χ2v) is 9.27. The zero-order chi connectivity index (χ0) is 26.8. The van der Waals surface area contributed by atoms with E-state index in [2.05, 4.69) is 21.3 Å². The van der Waals surface area contributed by atoms with Crippen molar-refractivity contribution < 1.29 is 39.3 Å². The van der Waals surface area contributed by atoms with E-state index in [0.717, 1.165) is 6.42 Å². The molecule has 0 aromatic heterocycles. The molecular formula is C24H34N4O8. The van der Waals surface area contributed by atoms with Crippen LogP contribution in [-0.2, 0) is 30.4 Å². The number of carboxylic acid groups (broad SMARTS) is 2. The molecule has 1 aromatic rings. The van der Waals surface area contributed by atoms with Crippen LogP contribution in [0.2, 0.25) is 0 Å². The number of amides is 3. The standard InChI is InChI=1S/C24H34N4O8/c1-13(2)10-17(22(33)28-19(24(35)36)11-14-5-7-15(29)8-6-14)26-23(34)18(12-20(30)31)27-21(32)16-4-3-9-25-16/h5-8,13,16-19,25,29H,3-4,9-12H2,1-2H3,(H,26,34)(H,27,32)(H,28,33)(H,30,31)(H,35,36). The van der Waals surface area contributed by atoms with Crippen molar-refractivity contribution >= 4 is 29.7 Å². The molecule has 2 rings (SSSR count). The van der Waals surface area contributed by atoms with Crippen molar-refractivity contribution in [1.82, 2.24) is 21.3 Å². The van der Waals surface area contributed by atoms with Crippen molar-refractivity contribution in [2.24, 2.45) is 5.92 Å². The summed E-state index contributed by atoms with van der Waals surface area (Å²) >= 11 is 0. The van der Waals surface area contributed by atoms with E-state index in [9.17, 15) is 39.3 Å². The van der Waals surface area contributed by atoms with Gasteiger partial charge in [-0.25, -0.2) is 4.79 Å². The first-order chi connectivity index (χ1) is 17.0. The lowest BCUT2D eigenvalue weighted by Crippen LogP contribution is -2.57. The number of aromatic hydroxyl groups is 1. The van der Waals surface area contributed by atoms with Gasteiger partial charge in [-0.3, -0.25) is 19.2 Å². The van der Waals surface area contributed by atoms with Gasteiger partial charge in [-0.1, -0.05) is 26.0 Å². The summed E-state index contributed by atoms with van der Waals surface area (Å²) in [6.07, 6.45) is 0.748. The third kappa shape index (κ3) is 9.17. The summed E-state index contributed by atoms with van der Waals surface area (Å²) < 4.78 is 0. The maximum absolute atomic E-state index is 13.0. The van der Waals surface area contributed by atoms with Crippen molar-refractivity contribution in [3.63, 3.8) is 0 Å². The van der Waals surface area contributed by atoms with Crippen LogP contribution in [0.4, 0.5) is 0 Å². The third-order valence-electron chi connectivity index (χ3n) is 5.72. The van der Waals surface area contributed by atoms with E-state index < -0.39 is 60.2 Å². The summed E-state index contributed by atoms with van der Waals surface area (Å²) in [6, 6.07) is 1.46. The molecule has 1 aliphatic rings. The van der Waals surface area contributed by atoms with Gasteiger partial charge in [0.25, 0.3) is 0 Å². The van der Waals surface area contributed by atoms with Crippen LogP contribution in [0.1, 0.15) is 45.1 Å². The SMILES string of the molecule is CC(C)CC(NC(=O)C(CC(=O)O)NC(=O)C1CCCN1)C(=O)NC(Cc1ccc(O)cc1)C(=O)O. The average molecular weight is 507 g/mol. The quantitative estimate of drug-likeness (QED) is 0.189. The van der Waals surface area contributed by atoms with E-state index >= 15 is 0 Å². The van der Waals surface area contributed by atoms with Crippen LogP contribution in [0.25, 0.3) is 0 Å². The number of phenols is 1. The molecule has 1 saturated heterocycles. The summed E-state index contributed by atoms with van der Waals surface area (Å²) in [5, 5.41) is 38.6. The molecule has 0 aliphatic carbocycles. The Morgan fingerprint density at radius 3 is 2.08 bits per heavy atom. The Bertz CT molecular complexity index is 944. The number of benzene rings is 1. The molecule has 1 aliphatic heterocycles. The maximum Gasteiger partial charge on any atom is 0.326 e. The van der Waals surface area contributed by atoms with Crippen molar-refractivity contribution in [2.75, 3.05) is 6.54 Å². The normalized spacial score (nSPS) is 17.6. The lowest BCUT2D eigenvalue weighted by molar-refractivity contribution is -0.143. The summed E-state index contributed by atoms with van der Waals surface area (Å²) in [5.74, 6) is -4.75. The fourth-order valence-corrected chi connectivity index (χ4v) is 3.88. The van der Waals surface area contributed by atoms with E-state index in [1.54, 1.807) is 13.8 Å². The van der Waals surface area contributed by atoms with Crippen molar-refractivity contribution in [3.8, 4) is 5.75 Å². The van der Waals surface area contributed by atoms with Crippen LogP contribution in [0.5, 0.6) is 5.75 Å². The van der Waals surface area contributed by atoms with Gasteiger partial charge in [0.05, 0.1) is 12.5 Å². The summed E-state index contributed by atoms with van der Waals surface area (Å²) in [4.78, 5) is 61.5. The van der Waals surface area contributed by atoms with Crippen molar-refractivity contribution in [2.45, 2.75) is 70.1 Å². The maximum atomic E-state index is 13.0. The van der Waals surface area contributed by atoms with Gasteiger partial charge < -0.3 is 36.6 Å². The summed E-state index contributed by atoms with van der Waals surface area (Å²) in [7, 11) is 0. The summed E-state index contributed by atoms with van der Waals surface area (Å²) in [5.41, 5.74) is 0.565. The molecule has 0 bridgehead atoms. The predicted octanol–water partition coefficient (Wildman–Crippen LogP) is -0.253. The monoisotopic (exact) mass is 506 g/mol. The lowest BCUT2D eigenvalue weighted by Gasteiger charge is -2.25. The molecule has 36 heavy (non-hydrogen) atoms. The Kier molecular flexibility index (Phi) is 10.7. The Morgan fingerprint density at radius 1 is 0.944 bits per heavy atom. The number of hydrogen-bond acceptors (Lipinski definition) is 7. The zero-order valence-electron chi connectivity index (χ0n) is 20.3. The van der Waals surface area contributed by atoms with E-state index in [1.807, 2.05) is 0 Å². The van der Waals surface area contributed by atoms with Gasteiger partial charge in [0.2, 0.25) is 17.7 Å². The Labute approximate surface area is 208 Å². The number of carboxylic acids is 2. The van der Waals surface area contributed by atoms with Crippen LogP contribution >= 0.6 is 0 Å². The highest BCUT2D eigenvalue weighted by Crippen LogP contribution is 2.13. The second-order valence-electron chi connectivity index (χ2n) is 9.27. The smallest absolute Gasteiger partial charge is 0.326 e. The molecule has 4 atom stereocenters. The van der Waals surface area contributed by atoms with E-state index in [1.165, 1.54) is 24.3 Å². The minimum atomic E-state index is -1.41. The van der Waals surface area contributed by atoms with Gasteiger partial charge in [-0.05, 0) is 49.4 Å². The predicted molar refractivity (Wildman–Crippen MR) is 128 cm³/mol. The minimum absolute atomic E-state index is 0.0149. The number of aliphatic carboxylic acids is 2. The highest BCUT2D eigenvalue weighted by atomic mass is 16.4. The number of carbonyl (C=O) groups is 5. The Balaban J connectivity index is 2.12. The van der Waals surface area contributed by atoms with Gasteiger partial charge >= 0.3 is 11.9 Å².